The van der Waals surface area contributed by atoms with Gasteiger partial charge in [0.1, 0.15) is 0 Å². The third kappa shape index (κ3) is 25.2. The van der Waals surface area contributed by atoms with Crippen molar-refractivity contribution in [2.24, 2.45) is 0 Å². The van der Waals surface area contributed by atoms with Crippen LogP contribution in [0.2, 0.25) is 0 Å². The molecule has 0 saturated carbocycles. The SMILES string of the molecule is [Cl][Cd-2]([Cl])([Cl])[Cl].[K+]. The van der Waals surface area contributed by atoms with Crippen molar-refractivity contribution in [1.29, 1.82) is 0 Å². The van der Waals surface area contributed by atoms with Crippen LogP contribution in [0, 0.1) is 0 Å². The first-order chi connectivity index (χ1) is 2.00. The summed E-state index contributed by atoms with van der Waals surface area (Å²) in [6, 6.07) is 0. The average Bonchev–Trinajstić information content (AvgIpc) is 0.722. The van der Waals surface area contributed by atoms with Crippen molar-refractivity contribution in [2.75, 3.05) is 0 Å². The second-order valence-electron chi connectivity index (χ2n) is 0.606. The monoisotopic (exact) mass is 293 g/mol. The zero-order chi connectivity index (χ0) is 4.50. The fraction of sp³-hybridized carbons (Fsp3) is 0. The van der Waals surface area contributed by atoms with Crippen LogP contribution < -0.4 is 51.4 Å². The summed E-state index contributed by atoms with van der Waals surface area (Å²) in [5, 5.41) is 0. The van der Waals surface area contributed by atoms with Gasteiger partial charge in [-0.2, -0.15) is 0 Å². The largest absolute Gasteiger partial charge is 1.00 e. The van der Waals surface area contributed by atoms with Gasteiger partial charge in [-0.05, 0) is 0 Å². The Morgan fingerprint density at radius 1 is 0.833 bits per heavy atom. The van der Waals surface area contributed by atoms with Gasteiger partial charge in [0.2, 0.25) is 0 Å². The minimum absolute atomic E-state index is 0. The number of rotatable bonds is 0. The summed E-state index contributed by atoms with van der Waals surface area (Å²) in [7, 11) is 20.2. The molecule has 6 heavy (non-hydrogen) atoms. The molecule has 0 bridgehead atoms. The molecule has 0 aromatic heterocycles. The van der Waals surface area contributed by atoms with Gasteiger partial charge in [-0.1, -0.05) is 0 Å². The van der Waals surface area contributed by atoms with Gasteiger partial charge in [0.05, 0.1) is 0 Å². The van der Waals surface area contributed by atoms with E-state index in [-0.39, 0.29) is 51.4 Å². The Morgan fingerprint density at radius 3 is 0.833 bits per heavy atom. The van der Waals surface area contributed by atoms with E-state index in [1.807, 2.05) is 0 Å². The summed E-state index contributed by atoms with van der Waals surface area (Å²) in [5.41, 5.74) is 0. The Balaban J connectivity index is 0. The van der Waals surface area contributed by atoms with Crippen LogP contribution in [0.1, 0.15) is 0 Å². The van der Waals surface area contributed by atoms with Gasteiger partial charge in [-0.3, -0.25) is 0 Å². The summed E-state index contributed by atoms with van der Waals surface area (Å²) in [6.45, 7) is 0. The van der Waals surface area contributed by atoms with E-state index in [0.29, 0.717) is 0 Å². The van der Waals surface area contributed by atoms with E-state index in [1.165, 1.54) is 0 Å². The molecule has 0 saturated heterocycles. The molecule has 6 heteroatoms. The summed E-state index contributed by atoms with van der Waals surface area (Å²) in [4.78, 5) is 0. The first kappa shape index (κ1) is 12.4. The fourth-order valence-corrected chi connectivity index (χ4v) is 0. The molecular weight excluding hydrogens is 293 g/mol. The molecule has 0 radical (unpaired) electrons. The molecule has 0 heterocycles. The van der Waals surface area contributed by atoms with E-state index in [2.05, 4.69) is 0 Å². The van der Waals surface area contributed by atoms with Crippen molar-refractivity contribution in [3.05, 3.63) is 0 Å². The van der Waals surface area contributed by atoms with Crippen molar-refractivity contribution in [3.63, 3.8) is 0 Å². The molecule has 0 aromatic rings. The quantitative estimate of drug-likeness (QED) is 0.541. The van der Waals surface area contributed by atoms with Gasteiger partial charge in [-0.25, -0.2) is 0 Å². The molecule has 0 atom stereocenters. The molecule has 0 amide bonds. The van der Waals surface area contributed by atoms with E-state index >= 15 is 0 Å². The minimum atomic E-state index is -3.45. The van der Waals surface area contributed by atoms with E-state index < -0.39 is 16.3 Å². The first-order valence-corrected chi connectivity index (χ1v) is 21.5. The van der Waals surface area contributed by atoms with E-state index in [0.717, 1.165) is 0 Å². The molecule has 0 aliphatic carbocycles. The molecular formula is CdCl4K-. The van der Waals surface area contributed by atoms with Gasteiger partial charge in [0.15, 0.2) is 0 Å². The number of hydrogen-bond donors (Lipinski definition) is 0. The Labute approximate surface area is 97.8 Å². The van der Waals surface area contributed by atoms with Gasteiger partial charge < -0.3 is 0 Å². The molecule has 0 aliphatic rings. The van der Waals surface area contributed by atoms with Crippen LogP contribution in [-0.4, -0.2) is 0 Å². The fourth-order valence-electron chi connectivity index (χ4n) is 0. The maximum atomic E-state index is 5.06. The Bertz CT molecular complexity index is 23.0. The molecule has 0 N–H and O–H groups in total. The summed E-state index contributed by atoms with van der Waals surface area (Å²) >= 11 is -3.45. The van der Waals surface area contributed by atoms with Crippen LogP contribution in [0.3, 0.4) is 0 Å². The summed E-state index contributed by atoms with van der Waals surface area (Å²) < 4.78 is 0. The maximum absolute atomic E-state index is 5.06. The zero-order valence-corrected chi connectivity index (χ0v) is 13.4. The second-order valence-corrected chi connectivity index (χ2v) is 36.6. The molecule has 0 unspecified atom stereocenters. The molecule has 32 valence electrons. The predicted molar refractivity (Wildman–Crippen MR) is 23.4 cm³/mol. The molecule has 0 nitrogen and oxygen atoms in total. The van der Waals surface area contributed by atoms with Crippen molar-refractivity contribution in [3.8, 4) is 0 Å². The van der Waals surface area contributed by atoms with E-state index in [9.17, 15) is 0 Å². The molecule has 0 aliphatic heterocycles. The second kappa shape index (κ2) is 5.50. The summed E-state index contributed by atoms with van der Waals surface area (Å²) in [6.07, 6.45) is 0. The van der Waals surface area contributed by atoms with Gasteiger partial charge in [-0.15, -0.1) is 0 Å². The van der Waals surface area contributed by atoms with Crippen LogP contribution in [0.15, 0.2) is 0 Å². The smallest absolute Gasteiger partial charge is 1.00 e. The molecule has 0 fully saturated rings. The summed E-state index contributed by atoms with van der Waals surface area (Å²) in [5.74, 6) is 0. The molecule has 0 rings (SSSR count). The first-order valence-electron chi connectivity index (χ1n) is 1.07. The van der Waals surface area contributed by atoms with Crippen LogP contribution in [0.5, 0.6) is 0 Å². The Morgan fingerprint density at radius 2 is 0.833 bits per heavy atom. The van der Waals surface area contributed by atoms with Gasteiger partial charge in [0.25, 0.3) is 0 Å². The Kier molecular flexibility index (Phi) is 11.4. The van der Waals surface area contributed by atoms with Crippen LogP contribution in [0.4, 0.5) is 0 Å². The third-order valence-corrected chi connectivity index (χ3v) is 0. The van der Waals surface area contributed by atoms with Crippen molar-refractivity contribution in [2.45, 2.75) is 0 Å². The topological polar surface area (TPSA) is 0 Å². The Hall–Kier alpha value is 3.72. The normalized spacial score (nSPS) is 10.0. The minimum Gasteiger partial charge on any atom is 1.00 e. The predicted octanol–water partition coefficient (Wildman–Crippen LogP) is -0.241. The maximum Gasteiger partial charge on any atom is 1.00 e. The van der Waals surface area contributed by atoms with Crippen molar-refractivity contribution >= 4 is 33.3 Å². The number of hydrogen-bond acceptors (Lipinski definition) is 0. The van der Waals surface area contributed by atoms with Crippen LogP contribution >= 0.6 is 33.3 Å². The third-order valence-electron chi connectivity index (χ3n) is 0. The van der Waals surface area contributed by atoms with Crippen LogP contribution in [-0.2, 0) is 16.3 Å². The van der Waals surface area contributed by atoms with E-state index in [4.69, 9.17) is 33.3 Å². The standard InChI is InChI=1S/Cd.4ClH.K/h;4*1H;/q+2;;;;;+1/p-4. The van der Waals surface area contributed by atoms with Gasteiger partial charge in [0, 0.05) is 0 Å². The van der Waals surface area contributed by atoms with Crippen LogP contribution in [0.25, 0.3) is 0 Å². The molecule has 0 spiro atoms. The van der Waals surface area contributed by atoms with E-state index in [1.54, 1.807) is 0 Å². The zero-order valence-electron chi connectivity index (χ0n) is 3.22. The molecule has 0 aromatic carbocycles. The van der Waals surface area contributed by atoms with Crippen molar-refractivity contribution in [1.82, 2.24) is 0 Å². The van der Waals surface area contributed by atoms with Crippen molar-refractivity contribution < 1.29 is 67.7 Å². The van der Waals surface area contributed by atoms with Gasteiger partial charge >= 0.3 is 101 Å². The number of halogens is 4. The average molecular weight is 293 g/mol.